The number of aryl methyl sites for hydroxylation is 2. The molecule has 1 aliphatic rings. The van der Waals surface area contributed by atoms with E-state index in [-0.39, 0.29) is 11.8 Å². The molecule has 0 saturated carbocycles. The summed E-state index contributed by atoms with van der Waals surface area (Å²) in [5, 5.41) is 7.17. The number of carbonyl (C=O) groups excluding carboxylic acids is 1. The lowest BCUT2D eigenvalue weighted by Gasteiger charge is -2.29. The molecule has 1 amide bonds. The zero-order valence-electron chi connectivity index (χ0n) is 18.2. The second kappa shape index (κ2) is 9.31. The molecule has 0 atom stereocenters. The normalized spacial score (nSPS) is 15.1. The maximum Gasteiger partial charge on any atom is 0.238 e. The lowest BCUT2D eigenvalue weighted by molar-refractivity contribution is -0.117. The Kier molecular flexibility index (Phi) is 6.32. The number of aromatic nitrogens is 2. The lowest BCUT2D eigenvalue weighted by atomic mass is 9.97. The molecule has 2 aromatic carbocycles. The molecule has 0 bridgehead atoms. The average molecular weight is 421 g/mol. The second-order valence-electron chi connectivity index (χ2n) is 8.10. The number of piperidine rings is 1. The predicted molar refractivity (Wildman–Crippen MR) is 119 cm³/mol. The first-order valence-corrected chi connectivity index (χ1v) is 10.6. The lowest BCUT2D eigenvalue weighted by Crippen LogP contribution is -2.38. The average Bonchev–Trinajstić information content (AvgIpc) is 3.26. The number of hydrogen-bond acceptors (Lipinski definition) is 6. The van der Waals surface area contributed by atoms with E-state index in [2.05, 4.69) is 26.4 Å². The van der Waals surface area contributed by atoms with Crippen LogP contribution < -0.4 is 10.1 Å². The van der Waals surface area contributed by atoms with Crippen molar-refractivity contribution in [3.63, 3.8) is 0 Å². The van der Waals surface area contributed by atoms with Crippen molar-refractivity contribution in [2.45, 2.75) is 32.6 Å². The van der Waals surface area contributed by atoms with E-state index >= 15 is 0 Å². The van der Waals surface area contributed by atoms with Gasteiger partial charge in [-0.15, -0.1) is 0 Å². The van der Waals surface area contributed by atoms with E-state index in [1.807, 2.05) is 50.2 Å². The van der Waals surface area contributed by atoms with Gasteiger partial charge in [0.15, 0.2) is 0 Å². The summed E-state index contributed by atoms with van der Waals surface area (Å²) in [5.41, 5.74) is 4.04. The van der Waals surface area contributed by atoms with Crippen molar-refractivity contribution < 1.29 is 14.1 Å². The molecule has 1 N–H and O–H groups in total. The van der Waals surface area contributed by atoms with Crippen LogP contribution in [0.5, 0.6) is 5.75 Å². The molecule has 0 radical (unpaired) electrons. The van der Waals surface area contributed by atoms with Gasteiger partial charge in [-0.05, 0) is 75.7 Å². The monoisotopic (exact) mass is 420 g/mol. The van der Waals surface area contributed by atoms with Crippen LogP contribution in [0.1, 0.15) is 35.8 Å². The molecule has 4 rings (SSSR count). The van der Waals surface area contributed by atoms with E-state index in [1.165, 1.54) is 5.56 Å². The van der Waals surface area contributed by atoms with Crippen LogP contribution in [0.2, 0.25) is 0 Å². The molecule has 7 heteroatoms. The number of likely N-dealkylation sites (tertiary alicyclic amines) is 1. The fraction of sp³-hybridized carbons (Fsp3) is 0.375. The van der Waals surface area contributed by atoms with E-state index in [9.17, 15) is 4.79 Å². The number of nitrogens with zero attached hydrogens (tertiary/aromatic N) is 3. The van der Waals surface area contributed by atoms with E-state index in [0.29, 0.717) is 18.3 Å². The standard InChI is InChI=1S/C24H28N4O3/c1-16-4-9-21(17(2)14-16)25-22(29)15-28-12-10-19(11-13-28)24-26-23(27-31-24)18-5-7-20(30-3)8-6-18/h4-9,14,19H,10-13,15H2,1-3H3,(H,25,29). The summed E-state index contributed by atoms with van der Waals surface area (Å²) < 4.78 is 10.7. The van der Waals surface area contributed by atoms with Crippen molar-refractivity contribution in [1.29, 1.82) is 0 Å². The van der Waals surface area contributed by atoms with E-state index in [0.717, 1.165) is 48.5 Å². The van der Waals surface area contributed by atoms with Crippen LogP contribution in [0, 0.1) is 13.8 Å². The summed E-state index contributed by atoms with van der Waals surface area (Å²) in [6.07, 6.45) is 1.78. The summed E-state index contributed by atoms with van der Waals surface area (Å²) in [6, 6.07) is 13.7. The highest BCUT2D eigenvalue weighted by molar-refractivity contribution is 5.93. The predicted octanol–water partition coefficient (Wildman–Crippen LogP) is 4.18. The van der Waals surface area contributed by atoms with Crippen LogP contribution in [0.25, 0.3) is 11.4 Å². The Morgan fingerprint density at radius 1 is 1.16 bits per heavy atom. The van der Waals surface area contributed by atoms with Gasteiger partial charge in [-0.1, -0.05) is 22.9 Å². The van der Waals surface area contributed by atoms with Gasteiger partial charge in [0.2, 0.25) is 17.6 Å². The van der Waals surface area contributed by atoms with E-state index < -0.39 is 0 Å². The molecular weight excluding hydrogens is 392 g/mol. The minimum atomic E-state index is 0.0185. The number of hydrogen-bond donors (Lipinski definition) is 1. The molecular formula is C24H28N4O3. The molecule has 0 unspecified atom stereocenters. The van der Waals surface area contributed by atoms with Crippen LogP contribution in [0.4, 0.5) is 5.69 Å². The molecule has 1 fully saturated rings. The first kappa shape index (κ1) is 21.1. The minimum absolute atomic E-state index is 0.0185. The Bertz CT molecular complexity index is 1040. The zero-order chi connectivity index (χ0) is 21.8. The smallest absolute Gasteiger partial charge is 0.238 e. The van der Waals surface area contributed by atoms with Gasteiger partial charge in [0.25, 0.3) is 0 Å². The summed E-state index contributed by atoms with van der Waals surface area (Å²) in [6.45, 7) is 6.10. The summed E-state index contributed by atoms with van der Waals surface area (Å²) in [4.78, 5) is 19.3. The van der Waals surface area contributed by atoms with E-state index in [4.69, 9.17) is 9.26 Å². The third-order valence-corrected chi connectivity index (χ3v) is 5.75. The Labute approximate surface area is 182 Å². The fourth-order valence-corrected chi connectivity index (χ4v) is 3.94. The van der Waals surface area contributed by atoms with Gasteiger partial charge in [0, 0.05) is 17.2 Å². The van der Waals surface area contributed by atoms with Crippen molar-refractivity contribution >= 4 is 11.6 Å². The number of anilines is 1. The van der Waals surface area contributed by atoms with Gasteiger partial charge in [0.1, 0.15) is 5.75 Å². The Hall–Kier alpha value is -3.19. The van der Waals surface area contributed by atoms with Gasteiger partial charge < -0.3 is 14.6 Å². The van der Waals surface area contributed by atoms with Crippen LogP contribution in [-0.2, 0) is 4.79 Å². The van der Waals surface area contributed by atoms with Gasteiger partial charge in [-0.25, -0.2) is 0 Å². The van der Waals surface area contributed by atoms with Gasteiger partial charge >= 0.3 is 0 Å². The SMILES string of the molecule is COc1ccc(-c2noc(C3CCN(CC(=O)Nc4ccc(C)cc4C)CC3)n2)cc1. The Morgan fingerprint density at radius 3 is 2.58 bits per heavy atom. The second-order valence-corrected chi connectivity index (χ2v) is 8.10. The molecule has 1 saturated heterocycles. The van der Waals surface area contributed by atoms with Crippen LogP contribution in [0.3, 0.4) is 0 Å². The van der Waals surface area contributed by atoms with Crippen LogP contribution in [-0.4, -0.2) is 47.7 Å². The number of amides is 1. The molecule has 7 nitrogen and oxygen atoms in total. The summed E-state index contributed by atoms with van der Waals surface area (Å²) in [7, 11) is 1.64. The fourth-order valence-electron chi connectivity index (χ4n) is 3.94. The zero-order valence-corrected chi connectivity index (χ0v) is 18.2. The Balaban J connectivity index is 1.29. The topological polar surface area (TPSA) is 80.5 Å². The van der Waals surface area contributed by atoms with Crippen molar-refractivity contribution in [2.75, 3.05) is 32.1 Å². The Morgan fingerprint density at radius 2 is 1.90 bits per heavy atom. The van der Waals surface area contributed by atoms with Gasteiger partial charge in [0.05, 0.1) is 13.7 Å². The summed E-state index contributed by atoms with van der Waals surface area (Å²) in [5.74, 6) is 2.29. The number of nitrogens with one attached hydrogen (secondary N) is 1. The number of benzene rings is 2. The molecule has 1 aromatic heterocycles. The van der Waals surface area contributed by atoms with E-state index in [1.54, 1.807) is 7.11 Å². The maximum atomic E-state index is 12.5. The molecule has 0 spiro atoms. The van der Waals surface area contributed by atoms with Crippen LogP contribution >= 0.6 is 0 Å². The van der Waals surface area contributed by atoms with Gasteiger partial charge in [-0.3, -0.25) is 9.69 Å². The molecule has 2 heterocycles. The molecule has 0 aliphatic carbocycles. The molecule has 31 heavy (non-hydrogen) atoms. The van der Waals surface area contributed by atoms with Crippen molar-refractivity contribution in [1.82, 2.24) is 15.0 Å². The number of carbonyl (C=O) groups is 1. The number of ether oxygens (including phenoxy) is 1. The van der Waals surface area contributed by atoms with Crippen molar-refractivity contribution in [3.8, 4) is 17.1 Å². The quantitative estimate of drug-likeness (QED) is 0.644. The highest BCUT2D eigenvalue weighted by Crippen LogP contribution is 2.29. The van der Waals surface area contributed by atoms with Gasteiger partial charge in [-0.2, -0.15) is 4.98 Å². The first-order chi connectivity index (χ1) is 15.0. The number of rotatable bonds is 6. The molecule has 1 aliphatic heterocycles. The number of methoxy groups -OCH3 is 1. The van der Waals surface area contributed by atoms with Crippen molar-refractivity contribution in [3.05, 3.63) is 59.5 Å². The highest BCUT2D eigenvalue weighted by atomic mass is 16.5. The largest absolute Gasteiger partial charge is 0.497 e. The first-order valence-electron chi connectivity index (χ1n) is 10.6. The van der Waals surface area contributed by atoms with Crippen LogP contribution in [0.15, 0.2) is 47.0 Å². The third-order valence-electron chi connectivity index (χ3n) is 5.75. The third kappa shape index (κ3) is 5.11. The summed E-state index contributed by atoms with van der Waals surface area (Å²) >= 11 is 0. The van der Waals surface area contributed by atoms with Crippen molar-refractivity contribution in [2.24, 2.45) is 0 Å². The minimum Gasteiger partial charge on any atom is -0.497 e. The molecule has 162 valence electrons. The molecule has 3 aromatic rings. The maximum absolute atomic E-state index is 12.5. The highest BCUT2D eigenvalue weighted by Gasteiger charge is 2.26.